The third kappa shape index (κ3) is 3.62. The number of nitrogens with zero attached hydrogens (tertiary/aromatic N) is 1. The van der Waals surface area contributed by atoms with Crippen molar-refractivity contribution in [3.8, 4) is 0 Å². The zero-order valence-corrected chi connectivity index (χ0v) is 13.6. The van der Waals surface area contributed by atoms with Gasteiger partial charge in [-0.25, -0.2) is 0 Å². The van der Waals surface area contributed by atoms with Crippen molar-refractivity contribution in [2.45, 2.75) is 58.5 Å². The average Bonchev–Trinajstić information content (AvgIpc) is 2.48. The van der Waals surface area contributed by atoms with Crippen molar-refractivity contribution in [2.75, 3.05) is 20.1 Å². The van der Waals surface area contributed by atoms with Crippen LogP contribution in [-0.2, 0) is 0 Å². The number of aryl methyl sites for hydroxylation is 2. The second kappa shape index (κ2) is 7.24. The first-order chi connectivity index (χ1) is 9.65. The van der Waals surface area contributed by atoms with E-state index >= 15 is 0 Å². The summed E-state index contributed by atoms with van der Waals surface area (Å²) < 4.78 is 0. The monoisotopic (exact) mass is 274 g/mol. The van der Waals surface area contributed by atoms with Gasteiger partial charge in [-0.05, 0) is 63.4 Å². The van der Waals surface area contributed by atoms with E-state index in [1.807, 2.05) is 0 Å². The first-order valence-corrected chi connectivity index (χ1v) is 8.14. The molecule has 20 heavy (non-hydrogen) atoms. The number of likely N-dealkylation sites (N-methyl/N-ethyl adjacent to an activating group) is 1. The van der Waals surface area contributed by atoms with Gasteiger partial charge in [0.15, 0.2) is 0 Å². The smallest absolute Gasteiger partial charge is 0.0447 e. The van der Waals surface area contributed by atoms with E-state index in [0.717, 1.165) is 12.6 Å². The van der Waals surface area contributed by atoms with E-state index in [-0.39, 0.29) is 0 Å². The van der Waals surface area contributed by atoms with Crippen molar-refractivity contribution in [3.05, 3.63) is 34.9 Å². The molecule has 0 bridgehead atoms. The Morgan fingerprint density at radius 2 is 2.05 bits per heavy atom. The van der Waals surface area contributed by atoms with Crippen LogP contribution in [0.4, 0.5) is 0 Å². The highest BCUT2D eigenvalue weighted by molar-refractivity contribution is 5.31. The molecule has 1 aliphatic heterocycles. The highest BCUT2D eigenvalue weighted by atomic mass is 15.2. The van der Waals surface area contributed by atoms with Crippen molar-refractivity contribution in [2.24, 2.45) is 0 Å². The van der Waals surface area contributed by atoms with Crippen LogP contribution in [0.3, 0.4) is 0 Å². The maximum atomic E-state index is 3.52. The quantitative estimate of drug-likeness (QED) is 0.878. The SMILES string of the molecule is CCC1CCCCN1CC(NC)c1ccc(C)c(C)c1. The van der Waals surface area contributed by atoms with E-state index in [9.17, 15) is 0 Å². The Hall–Kier alpha value is -0.860. The summed E-state index contributed by atoms with van der Waals surface area (Å²) in [6.45, 7) is 9.12. The highest BCUT2D eigenvalue weighted by Gasteiger charge is 2.23. The Kier molecular flexibility index (Phi) is 5.62. The minimum Gasteiger partial charge on any atom is -0.312 e. The molecule has 0 spiro atoms. The fourth-order valence-electron chi connectivity index (χ4n) is 3.34. The molecule has 1 heterocycles. The van der Waals surface area contributed by atoms with Gasteiger partial charge in [0.1, 0.15) is 0 Å². The molecule has 1 N–H and O–H groups in total. The van der Waals surface area contributed by atoms with Crippen LogP contribution in [0.15, 0.2) is 18.2 Å². The third-order valence-electron chi connectivity index (χ3n) is 4.92. The molecular weight excluding hydrogens is 244 g/mol. The first kappa shape index (κ1) is 15.5. The first-order valence-electron chi connectivity index (χ1n) is 8.14. The van der Waals surface area contributed by atoms with Crippen molar-refractivity contribution in [1.29, 1.82) is 0 Å². The Morgan fingerprint density at radius 1 is 1.25 bits per heavy atom. The Labute approximate surface area is 124 Å². The largest absolute Gasteiger partial charge is 0.312 e. The summed E-state index contributed by atoms with van der Waals surface area (Å²) in [7, 11) is 2.09. The van der Waals surface area contributed by atoms with Gasteiger partial charge in [0.25, 0.3) is 0 Å². The molecule has 2 heteroatoms. The third-order valence-corrected chi connectivity index (χ3v) is 4.92. The molecule has 1 saturated heterocycles. The summed E-state index contributed by atoms with van der Waals surface area (Å²) in [6, 6.07) is 8.12. The predicted molar refractivity (Wildman–Crippen MR) is 87.2 cm³/mol. The Morgan fingerprint density at radius 3 is 2.70 bits per heavy atom. The van der Waals surface area contributed by atoms with Gasteiger partial charge in [0.05, 0.1) is 0 Å². The van der Waals surface area contributed by atoms with Crippen molar-refractivity contribution >= 4 is 0 Å². The lowest BCUT2D eigenvalue weighted by Crippen LogP contribution is -2.43. The Bertz CT molecular complexity index is 427. The summed E-state index contributed by atoms with van der Waals surface area (Å²) in [5.74, 6) is 0. The molecule has 2 atom stereocenters. The van der Waals surface area contributed by atoms with Crippen LogP contribution in [0.5, 0.6) is 0 Å². The second-order valence-electron chi connectivity index (χ2n) is 6.24. The van der Waals surface area contributed by atoms with Crippen molar-refractivity contribution < 1.29 is 0 Å². The van der Waals surface area contributed by atoms with Crippen LogP contribution >= 0.6 is 0 Å². The van der Waals surface area contributed by atoms with Crippen molar-refractivity contribution in [1.82, 2.24) is 10.2 Å². The van der Waals surface area contributed by atoms with Gasteiger partial charge in [0.2, 0.25) is 0 Å². The summed E-state index contributed by atoms with van der Waals surface area (Å²) in [5.41, 5.74) is 4.21. The lowest BCUT2D eigenvalue weighted by Gasteiger charge is -2.37. The van der Waals surface area contributed by atoms with Gasteiger partial charge in [0, 0.05) is 18.6 Å². The van der Waals surface area contributed by atoms with E-state index in [0.29, 0.717) is 6.04 Å². The summed E-state index contributed by atoms with van der Waals surface area (Å²) in [4.78, 5) is 2.69. The fraction of sp³-hybridized carbons (Fsp3) is 0.667. The zero-order chi connectivity index (χ0) is 14.5. The van der Waals surface area contributed by atoms with Crippen LogP contribution in [0.25, 0.3) is 0 Å². The topological polar surface area (TPSA) is 15.3 Å². The maximum Gasteiger partial charge on any atom is 0.0447 e. The number of piperidine rings is 1. The summed E-state index contributed by atoms with van der Waals surface area (Å²) in [6.07, 6.45) is 5.42. The molecule has 0 radical (unpaired) electrons. The molecule has 0 aromatic heterocycles. The molecule has 2 unspecified atom stereocenters. The lowest BCUT2D eigenvalue weighted by atomic mass is 9.96. The van der Waals surface area contributed by atoms with Gasteiger partial charge >= 0.3 is 0 Å². The second-order valence-corrected chi connectivity index (χ2v) is 6.24. The average molecular weight is 274 g/mol. The number of benzene rings is 1. The van der Waals surface area contributed by atoms with Crippen molar-refractivity contribution in [3.63, 3.8) is 0 Å². The van der Waals surface area contributed by atoms with Crippen LogP contribution in [0, 0.1) is 13.8 Å². The molecule has 0 saturated carbocycles. The van der Waals surface area contributed by atoms with Gasteiger partial charge in [-0.2, -0.15) is 0 Å². The molecule has 1 aliphatic rings. The molecule has 112 valence electrons. The number of hydrogen-bond acceptors (Lipinski definition) is 2. The number of rotatable bonds is 5. The lowest BCUT2D eigenvalue weighted by molar-refractivity contribution is 0.130. The van der Waals surface area contributed by atoms with Gasteiger partial charge in [-0.1, -0.05) is 31.5 Å². The number of nitrogens with one attached hydrogen (secondary N) is 1. The zero-order valence-electron chi connectivity index (χ0n) is 13.6. The number of likely N-dealkylation sites (tertiary alicyclic amines) is 1. The molecular formula is C18H30N2. The normalized spacial score (nSPS) is 21.9. The Balaban J connectivity index is 2.09. The minimum absolute atomic E-state index is 0.446. The summed E-state index contributed by atoms with van der Waals surface area (Å²) in [5, 5.41) is 3.52. The fourth-order valence-corrected chi connectivity index (χ4v) is 3.34. The van der Waals surface area contributed by atoms with Crippen LogP contribution in [0.1, 0.15) is 55.3 Å². The van der Waals surface area contributed by atoms with E-state index in [4.69, 9.17) is 0 Å². The van der Waals surface area contributed by atoms with Gasteiger partial charge in [-0.15, -0.1) is 0 Å². The van der Waals surface area contributed by atoms with Gasteiger partial charge < -0.3 is 5.32 Å². The van der Waals surface area contributed by atoms with Gasteiger partial charge in [-0.3, -0.25) is 4.90 Å². The highest BCUT2D eigenvalue weighted by Crippen LogP contribution is 2.24. The molecule has 1 aromatic rings. The maximum absolute atomic E-state index is 3.52. The molecule has 0 amide bonds. The van der Waals surface area contributed by atoms with Crippen LogP contribution in [-0.4, -0.2) is 31.1 Å². The molecule has 0 aliphatic carbocycles. The predicted octanol–water partition coefficient (Wildman–Crippen LogP) is 3.83. The van der Waals surface area contributed by atoms with E-state index in [1.54, 1.807) is 0 Å². The standard InChI is InChI=1S/C18H30N2/c1-5-17-8-6-7-11-20(17)13-18(19-4)16-10-9-14(2)15(3)12-16/h9-10,12,17-19H,5-8,11,13H2,1-4H3. The van der Waals surface area contributed by atoms with E-state index < -0.39 is 0 Å². The minimum atomic E-state index is 0.446. The number of hydrogen-bond donors (Lipinski definition) is 1. The van der Waals surface area contributed by atoms with Crippen LogP contribution < -0.4 is 5.32 Å². The molecule has 2 rings (SSSR count). The van der Waals surface area contributed by atoms with E-state index in [2.05, 4.69) is 56.2 Å². The molecule has 1 fully saturated rings. The molecule has 2 nitrogen and oxygen atoms in total. The molecule has 1 aromatic carbocycles. The van der Waals surface area contributed by atoms with E-state index in [1.165, 1.54) is 48.9 Å². The van der Waals surface area contributed by atoms with Crippen LogP contribution in [0.2, 0.25) is 0 Å². The summed E-state index contributed by atoms with van der Waals surface area (Å²) >= 11 is 0.